The zero-order valence-electron chi connectivity index (χ0n) is 16.4. The quantitative estimate of drug-likeness (QED) is 0.211. The van der Waals surface area contributed by atoms with Gasteiger partial charge in [-0.1, -0.05) is 45.4 Å². The summed E-state index contributed by atoms with van der Waals surface area (Å²) in [5, 5.41) is 0. The fraction of sp³-hybridized carbons (Fsp3) is 0.850. The molecular formula is C20H38ClNO4. The highest BCUT2D eigenvalue weighted by Crippen LogP contribution is 2.21. The van der Waals surface area contributed by atoms with Crippen molar-refractivity contribution >= 4 is 30.9 Å². The van der Waals surface area contributed by atoms with Crippen molar-refractivity contribution in [1.29, 1.82) is 0 Å². The van der Waals surface area contributed by atoms with Crippen molar-refractivity contribution in [1.82, 2.24) is 0 Å². The topological polar surface area (TPSA) is 86.5 Å². The number of aldehydes is 2. The minimum absolute atomic E-state index is 0. The van der Waals surface area contributed by atoms with Gasteiger partial charge in [0.1, 0.15) is 12.6 Å². The van der Waals surface area contributed by atoms with Crippen molar-refractivity contribution in [3.05, 3.63) is 0 Å². The molecule has 0 aliphatic carbocycles. The van der Waals surface area contributed by atoms with Gasteiger partial charge in [-0.05, 0) is 32.1 Å². The second-order valence-electron chi connectivity index (χ2n) is 6.97. The first kappa shape index (κ1) is 27.3. The molecule has 2 N–H and O–H groups in total. The van der Waals surface area contributed by atoms with Crippen molar-refractivity contribution in [2.45, 2.75) is 102 Å². The molecular weight excluding hydrogens is 354 g/mol. The molecule has 0 saturated carbocycles. The fourth-order valence-corrected chi connectivity index (χ4v) is 2.98. The van der Waals surface area contributed by atoms with Gasteiger partial charge >= 0.3 is 5.97 Å². The largest absolute Gasteiger partial charge is 0.466 e. The normalized spacial score (nSPS) is 10.8. The van der Waals surface area contributed by atoms with E-state index in [0.29, 0.717) is 51.6 Å². The highest BCUT2D eigenvalue weighted by molar-refractivity contribution is 5.85. The van der Waals surface area contributed by atoms with Crippen LogP contribution in [0.5, 0.6) is 0 Å². The standard InChI is InChI=1S/C20H37NO4.ClH/c1-2-3-4-5-6-7-8-12-19(24)25-18-11-15-20(21,13-9-16-22)14-10-17-23;/h16-17H,2-15,18,21H2,1H3;1H. The van der Waals surface area contributed by atoms with Crippen LogP contribution in [-0.4, -0.2) is 30.7 Å². The van der Waals surface area contributed by atoms with E-state index in [1.807, 2.05) is 0 Å². The predicted molar refractivity (Wildman–Crippen MR) is 108 cm³/mol. The average molecular weight is 392 g/mol. The maximum absolute atomic E-state index is 11.7. The van der Waals surface area contributed by atoms with E-state index in [4.69, 9.17) is 10.5 Å². The molecule has 0 aromatic rings. The molecule has 0 radical (unpaired) electrons. The molecule has 0 heterocycles. The molecule has 0 spiro atoms. The van der Waals surface area contributed by atoms with E-state index in [1.165, 1.54) is 32.1 Å². The number of hydrogen-bond acceptors (Lipinski definition) is 5. The summed E-state index contributed by atoms with van der Waals surface area (Å²) in [6.07, 6.45) is 13.7. The van der Waals surface area contributed by atoms with E-state index in [1.54, 1.807) is 0 Å². The molecule has 0 unspecified atom stereocenters. The van der Waals surface area contributed by atoms with Crippen molar-refractivity contribution in [3.8, 4) is 0 Å². The Bertz CT molecular complexity index is 352. The molecule has 0 aliphatic rings. The second kappa shape index (κ2) is 18.8. The third-order valence-electron chi connectivity index (χ3n) is 4.59. The number of unbranched alkanes of at least 4 members (excludes halogenated alkanes) is 6. The van der Waals surface area contributed by atoms with E-state index in [-0.39, 0.29) is 18.4 Å². The highest BCUT2D eigenvalue weighted by atomic mass is 35.5. The monoisotopic (exact) mass is 391 g/mol. The summed E-state index contributed by atoms with van der Waals surface area (Å²) >= 11 is 0. The van der Waals surface area contributed by atoms with Gasteiger partial charge in [-0.3, -0.25) is 4.79 Å². The SMILES string of the molecule is CCCCCCCCCC(=O)OCCCC(N)(CCC=O)CCC=O.Cl. The van der Waals surface area contributed by atoms with Crippen LogP contribution in [0.4, 0.5) is 0 Å². The Morgan fingerprint density at radius 2 is 1.42 bits per heavy atom. The van der Waals surface area contributed by atoms with Gasteiger partial charge in [0.25, 0.3) is 0 Å². The summed E-state index contributed by atoms with van der Waals surface area (Å²) in [6.45, 7) is 2.56. The number of rotatable bonds is 18. The number of ether oxygens (including phenoxy) is 1. The lowest BCUT2D eigenvalue weighted by atomic mass is 9.85. The first-order valence-corrected chi connectivity index (χ1v) is 9.89. The molecule has 0 aromatic carbocycles. The fourth-order valence-electron chi connectivity index (χ4n) is 2.98. The Balaban J connectivity index is 0. The predicted octanol–water partition coefficient (Wildman–Crippen LogP) is 4.53. The Kier molecular flexibility index (Phi) is 19.8. The second-order valence-corrected chi connectivity index (χ2v) is 6.97. The summed E-state index contributed by atoms with van der Waals surface area (Å²) in [4.78, 5) is 32.8. The number of nitrogens with two attached hydrogens (primary N) is 1. The van der Waals surface area contributed by atoms with Crippen molar-refractivity contribution in [3.63, 3.8) is 0 Å². The van der Waals surface area contributed by atoms with Crippen LogP contribution in [-0.2, 0) is 19.1 Å². The number of carbonyl (C=O) groups excluding carboxylic acids is 3. The molecule has 26 heavy (non-hydrogen) atoms. The molecule has 0 amide bonds. The zero-order valence-corrected chi connectivity index (χ0v) is 17.2. The summed E-state index contributed by atoms with van der Waals surface area (Å²) in [5.74, 6) is -0.142. The molecule has 0 aromatic heterocycles. The molecule has 0 rings (SSSR count). The smallest absolute Gasteiger partial charge is 0.305 e. The number of halogens is 1. The number of esters is 1. The Morgan fingerprint density at radius 3 is 1.96 bits per heavy atom. The summed E-state index contributed by atoms with van der Waals surface area (Å²) in [7, 11) is 0. The first-order valence-electron chi connectivity index (χ1n) is 9.89. The van der Waals surface area contributed by atoms with E-state index in [2.05, 4.69) is 6.92 Å². The minimum Gasteiger partial charge on any atom is -0.466 e. The van der Waals surface area contributed by atoms with E-state index >= 15 is 0 Å². The maximum atomic E-state index is 11.7. The minimum atomic E-state index is -0.521. The number of carbonyl (C=O) groups is 3. The summed E-state index contributed by atoms with van der Waals surface area (Å²) in [5.41, 5.74) is 5.76. The Labute approximate surface area is 165 Å². The first-order chi connectivity index (χ1) is 12.1. The lowest BCUT2D eigenvalue weighted by molar-refractivity contribution is -0.144. The average Bonchev–Trinajstić information content (AvgIpc) is 2.61. The van der Waals surface area contributed by atoms with Crippen molar-refractivity contribution in [2.75, 3.05) is 6.61 Å². The van der Waals surface area contributed by atoms with Gasteiger partial charge in [0.15, 0.2) is 0 Å². The van der Waals surface area contributed by atoms with E-state index in [0.717, 1.165) is 25.4 Å². The lowest BCUT2D eigenvalue weighted by Gasteiger charge is -2.28. The van der Waals surface area contributed by atoms with Crippen LogP contribution < -0.4 is 5.73 Å². The van der Waals surface area contributed by atoms with Gasteiger partial charge in [0.05, 0.1) is 6.61 Å². The van der Waals surface area contributed by atoms with Gasteiger partial charge in [-0.2, -0.15) is 0 Å². The lowest BCUT2D eigenvalue weighted by Crippen LogP contribution is -2.40. The summed E-state index contributed by atoms with van der Waals surface area (Å²) < 4.78 is 5.26. The van der Waals surface area contributed by atoms with Crippen LogP contribution in [0.3, 0.4) is 0 Å². The van der Waals surface area contributed by atoms with Gasteiger partial charge in [-0.25, -0.2) is 0 Å². The van der Waals surface area contributed by atoms with Gasteiger partial charge in [0, 0.05) is 24.8 Å². The van der Waals surface area contributed by atoms with Crippen LogP contribution in [0.1, 0.15) is 96.8 Å². The van der Waals surface area contributed by atoms with Crippen LogP contribution in [0.2, 0.25) is 0 Å². The van der Waals surface area contributed by atoms with Crippen molar-refractivity contribution in [2.24, 2.45) is 5.73 Å². The van der Waals surface area contributed by atoms with E-state index in [9.17, 15) is 14.4 Å². The molecule has 0 saturated heterocycles. The molecule has 6 heteroatoms. The van der Waals surface area contributed by atoms with Crippen molar-refractivity contribution < 1.29 is 19.1 Å². The van der Waals surface area contributed by atoms with Gasteiger partial charge < -0.3 is 20.1 Å². The Hall–Kier alpha value is -0.940. The molecule has 0 atom stereocenters. The Morgan fingerprint density at radius 1 is 0.885 bits per heavy atom. The van der Waals surface area contributed by atoms with Crippen LogP contribution in [0.25, 0.3) is 0 Å². The van der Waals surface area contributed by atoms with Crippen LogP contribution in [0, 0.1) is 0 Å². The van der Waals surface area contributed by atoms with Crippen LogP contribution >= 0.6 is 12.4 Å². The van der Waals surface area contributed by atoms with Crippen LogP contribution in [0.15, 0.2) is 0 Å². The third kappa shape index (κ3) is 16.5. The highest BCUT2D eigenvalue weighted by Gasteiger charge is 2.23. The molecule has 5 nitrogen and oxygen atoms in total. The molecule has 0 aliphatic heterocycles. The van der Waals surface area contributed by atoms with Gasteiger partial charge in [-0.15, -0.1) is 12.4 Å². The zero-order chi connectivity index (χ0) is 18.8. The molecule has 0 fully saturated rings. The van der Waals surface area contributed by atoms with Gasteiger partial charge in [0.2, 0.25) is 0 Å². The summed E-state index contributed by atoms with van der Waals surface area (Å²) in [6, 6.07) is 0. The molecule has 154 valence electrons. The maximum Gasteiger partial charge on any atom is 0.305 e. The van der Waals surface area contributed by atoms with E-state index < -0.39 is 5.54 Å². The third-order valence-corrected chi connectivity index (χ3v) is 4.59. The molecule has 0 bridgehead atoms. The number of hydrogen-bond donors (Lipinski definition) is 1.